The van der Waals surface area contributed by atoms with Gasteiger partial charge in [0.15, 0.2) is 0 Å². The highest BCUT2D eigenvalue weighted by Crippen LogP contribution is 2.71. The van der Waals surface area contributed by atoms with Crippen LogP contribution in [0.3, 0.4) is 0 Å². The SMILES string of the molecule is CCC(C)(C)C1(C2(N)CC2)CC1. The van der Waals surface area contributed by atoms with Gasteiger partial charge in [-0.2, -0.15) is 0 Å². The summed E-state index contributed by atoms with van der Waals surface area (Å²) < 4.78 is 0. The number of nitrogens with two attached hydrogens (primary N) is 1. The summed E-state index contributed by atoms with van der Waals surface area (Å²) in [6.45, 7) is 7.09. The van der Waals surface area contributed by atoms with Crippen molar-refractivity contribution in [3.05, 3.63) is 0 Å². The first kappa shape index (κ1) is 8.55. The molecular formula is C11H21N. The first-order chi connectivity index (χ1) is 5.47. The molecular weight excluding hydrogens is 146 g/mol. The molecule has 0 aromatic carbocycles. The van der Waals surface area contributed by atoms with E-state index in [1.165, 1.54) is 32.1 Å². The summed E-state index contributed by atoms with van der Waals surface area (Å²) in [5.74, 6) is 0. The fourth-order valence-electron chi connectivity index (χ4n) is 2.93. The Morgan fingerprint density at radius 1 is 1.17 bits per heavy atom. The molecule has 0 amide bonds. The van der Waals surface area contributed by atoms with Crippen LogP contribution in [0.1, 0.15) is 52.9 Å². The normalized spacial score (nSPS) is 30.0. The van der Waals surface area contributed by atoms with Crippen molar-refractivity contribution in [1.82, 2.24) is 0 Å². The number of hydrogen-bond acceptors (Lipinski definition) is 1. The molecule has 0 aliphatic heterocycles. The van der Waals surface area contributed by atoms with E-state index in [0.29, 0.717) is 10.8 Å². The molecule has 2 fully saturated rings. The molecule has 0 radical (unpaired) electrons. The predicted octanol–water partition coefficient (Wildman–Crippen LogP) is 2.69. The van der Waals surface area contributed by atoms with Gasteiger partial charge in [0.25, 0.3) is 0 Å². The molecule has 0 heterocycles. The molecule has 2 N–H and O–H groups in total. The highest BCUT2D eigenvalue weighted by Gasteiger charge is 2.68. The largest absolute Gasteiger partial charge is 0.325 e. The van der Waals surface area contributed by atoms with Crippen LogP contribution in [0.4, 0.5) is 0 Å². The maximum atomic E-state index is 6.35. The zero-order valence-corrected chi connectivity index (χ0v) is 8.61. The molecule has 2 saturated carbocycles. The zero-order valence-electron chi connectivity index (χ0n) is 8.61. The van der Waals surface area contributed by atoms with Gasteiger partial charge in [-0.1, -0.05) is 27.2 Å². The Labute approximate surface area is 75.7 Å². The van der Waals surface area contributed by atoms with Gasteiger partial charge in [-0.3, -0.25) is 0 Å². The van der Waals surface area contributed by atoms with E-state index in [2.05, 4.69) is 20.8 Å². The van der Waals surface area contributed by atoms with Crippen molar-refractivity contribution in [3.8, 4) is 0 Å². The summed E-state index contributed by atoms with van der Waals surface area (Å²) in [6.07, 6.45) is 6.58. The quantitative estimate of drug-likeness (QED) is 0.687. The van der Waals surface area contributed by atoms with E-state index < -0.39 is 0 Å². The minimum absolute atomic E-state index is 0.243. The van der Waals surface area contributed by atoms with Gasteiger partial charge in [-0.15, -0.1) is 0 Å². The molecule has 0 aromatic heterocycles. The van der Waals surface area contributed by atoms with Gasteiger partial charge in [0.2, 0.25) is 0 Å². The van der Waals surface area contributed by atoms with Gasteiger partial charge in [0.05, 0.1) is 0 Å². The number of rotatable bonds is 3. The fraction of sp³-hybridized carbons (Fsp3) is 1.00. The van der Waals surface area contributed by atoms with Crippen molar-refractivity contribution < 1.29 is 0 Å². The summed E-state index contributed by atoms with van der Waals surface area (Å²) in [5.41, 5.74) is 7.58. The second-order valence-electron chi connectivity index (χ2n) is 5.48. The smallest absolute Gasteiger partial charge is 0.0217 e. The Kier molecular flexibility index (Phi) is 1.47. The van der Waals surface area contributed by atoms with Gasteiger partial charge >= 0.3 is 0 Å². The van der Waals surface area contributed by atoms with Gasteiger partial charge in [0, 0.05) is 5.54 Å². The van der Waals surface area contributed by atoms with Gasteiger partial charge in [-0.25, -0.2) is 0 Å². The monoisotopic (exact) mass is 167 g/mol. The maximum Gasteiger partial charge on any atom is 0.0217 e. The lowest BCUT2D eigenvalue weighted by molar-refractivity contribution is 0.133. The zero-order chi connectivity index (χ0) is 9.04. The maximum absolute atomic E-state index is 6.35. The van der Waals surface area contributed by atoms with Crippen molar-refractivity contribution in [3.63, 3.8) is 0 Å². The molecule has 0 bridgehead atoms. The highest BCUT2D eigenvalue weighted by molar-refractivity contribution is 5.23. The Morgan fingerprint density at radius 2 is 1.67 bits per heavy atom. The van der Waals surface area contributed by atoms with E-state index in [1.54, 1.807) is 0 Å². The van der Waals surface area contributed by atoms with Crippen molar-refractivity contribution >= 4 is 0 Å². The van der Waals surface area contributed by atoms with E-state index >= 15 is 0 Å². The predicted molar refractivity (Wildman–Crippen MR) is 51.9 cm³/mol. The fourth-order valence-corrected chi connectivity index (χ4v) is 2.93. The summed E-state index contributed by atoms with van der Waals surface area (Å²) in [7, 11) is 0. The first-order valence-electron chi connectivity index (χ1n) is 5.26. The minimum atomic E-state index is 0.243. The highest BCUT2D eigenvalue weighted by atomic mass is 14.9. The van der Waals surface area contributed by atoms with E-state index in [0.717, 1.165) is 0 Å². The third-order valence-corrected chi connectivity index (χ3v) is 4.67. The second-order valence-corrected chi connectivity index (χ2v) is 5.48. The van der Waals surface area contributed by atoms with Crippen molar-refractivity contribution in [2.45, 2.75) is 58.4 Å². The van der Waals surface area contributed by atoms with Crippen molar-refractivity contribution in [2.75, 3.05) is 0 Å². The van der Waals surface area contributed by atoms with E-state index in [1.807, 2.05) is 0 Å². The lowest BCUT2D eigenvalue weighted by atomic mass is 9.68. The van der Waals surface area contributed by atoms with Crippen LogP contribution >= 0.6 is 0 Å². The third kappa shape index (κ3) is 0.834. The summed E-state index contributed by atoms with van der Waals surface area (Å²) in [6, 6.07) is 0. The number of hydrogen-bond donors (Lipinski definition) is 1. The molecule has 0 saturated heterocycles. The van der Waals surface area contributed by atoms with Crippen LogP contribution in [0.5, 0.6) is 0 Å². The molecule has 2 aliphatic carbocycles. The van der Waals surface area contributed by atoms with Gasteiger partial charge in [0.1, 0.15) is 0 Å². The average Bonchev–Trinajstić information content (AvgIpc) is 2.79. The average molecular weight is 167 g/mol. The summed E-state index contributed by atoms with van der Waals surface area (Å²) in [4.78, 5) is 0. The third-order valence-electron chi connectivity index (χ3n) is 4.67. The Bertz CT molecular complexity index is 197. The molecule has 2 aliphatic rings. The van der Waals surface area contributed by atoms with Crippen LogP contribution in [-0.4, -0.2) is 5.54 Å². The van der Waals surface area contributed by atoms with Gasteiger partial charge < -0.3 is 5.73 Å². The molecule has 0 spiro atoms. The molecule has 1 nitrogen and oxygen atoms in total. The van der Waals surface area contributed by atoms with E-state index in [-0.39, 0.29) is 5.54 Å². The Hall–Kier alpha value is -0.0400. The second kappa shape index (κ2) is 2.06. The Morgan fingerprint density at radius 3 is 1.92 bits per heavy atom. The Balaban J connectivity index is 2.21. The molecule has 0 aromatic rings. The minimum Gasteiger partial charge on any atom is -0.325 e. The lowest BCUT2D eigenvalue weighted by Crippen LogP contribution is -2.43. The van der Waals surface area contributed by atoms with Crippen LogP contribution in [0.15, 0.2) is 0 Å². The van der Waals surface area contributed by atoms with Crippen molar-refractivity contribution in [1.29, 1.82) is 0 Å². The molecule has 0 unspecified atom stereocenters. The molecule has 70 valence electrons. The topological polar surface area (TPSA) is 26.0 Å². The van der Waals surface area contributed by atoms with Crippen molar-refractivity contribution in [2.24, 2.45) is 16.6 Å². The van der Waals surface area contributed by atoms with Crippen LogP contribution < -0.4 is 5.73 Å². The summed E-state index contributed by atoms with van der Waals surface area (Å²) in [5, 5.41) is 0. The lowest BCUT2D eigenvalue weighted by Gasteiger charge is -2.38. The molecule has 1 heteroatoms. The van der Waals surface area contributed by atoms with E-state index in [9.17, 15) is 0 Å². The van der Waals surface area contributed by atoms with Gasteiger partial charge in [-0.05, 0) is 36.5 Å². The molecule has 0 atom stereocenters. The van der Waals surface area contributed by atoms with Crippen LogP contribution in [0.2, 0.25) is 0 Å². The van der Waals surface area contributed by atoms with Crippen LogP contribution in [0, 0.1) is 10.8 Å². The van der Waals surface area contributed by atoms with Crippen LogP contribution in [-0.2, 0) is 0 Å². The van der Waals surface area contributed by atoms with Crippen LogP contribution in [0.25, 0.3) is 0 Å². The molecule has 2 rings (SSSR count). The summed E-state index contributed by atoms with van der Waals surface area (Å²) >= 11 is 0. The van der Waals surface area contributed by atoms with E-state index in [4.69, 9.17) is 5.73 Å². The first-order valence-corrected chi connectivity index (χ1v) is 5.26. The standard InChI is InChI=1S/C11H21N/c1-4-9(2,3)10(5-6-10)11(12)7-8-11/h4-8,12H2,1-3H3. The molecule has 12 heavy (non-hydrogen) atoms.